The van der Waals surface area contributed by atoms with Crippen molar-refractivity contribution in [1.29, 1.82) is 0 Å². The summed E-state index contributed by atoms with van der Waals surface area (Å²) in [5.74, 6) is 0.982. The summed E-state index contributed by atoms with van der Waals surface area (Å²) in [6, 6.07) is 16.4. The second-order valence-electron chi connectivity index (χ2n) is 4.57. The molecule has 0 aliphatic rings. The van der Waals surface area contributed by atoms with E-state index in [1.54, 1.807) is 0 Å². The molecule has 0 radical (unpaired) electrons. The summed E-state index contributed by atoms with van der Waals surface area (Å²) in [5.41, 5.74) is 2.26. The molecular formula is C16H15N3. The first-order valence-electron chi connectivity index (χ1n) is 6.29. The van der Waals surface area contributed by atoms with E-state index in [1.807, 2.05) is 42.7 Å². The first-order valence-corrected chi connectivity index (χ1v) is 6.29. The predicted octanol–water partition coefficient (Wildman–Crippen LogP) is 3.27. The summed E-state index contributed by atoms with van der Waals surface area (Å²) in [6.45, 7) is 0.827. The number of pyridine rings is 2. The Morgan fingerprint density at radius 2 is 1.74 bits per heavy atom. The highest BCUT2D eigenvalue weighted by atomic mass is 15.2. The van der Waals surface area contributed by atoms with Crippen LogP contribution in [0, 0.1) is 0 Å². The SMILES string of the molecule is CN(Cc1ccncc1)c1ccc2ccccc2n1. The van der Waals surface area contributed by atoms with Crippen LogP contribution < -0.4 is 4.90 Å². The lowest BCUT2D eigenvalue weighted by atomic mass is 10.2. The minimum Gasteiger partial charge on any atom is -0.355 e. The molecule has 0 N–H and O–H groups in total. The zero-order chi connectivity index (χ0) is 13.1. The van der Waals surface area contributed by atoms with E-state index in [1.165, 1.54) is 10.9 Å². The number of hydrogen-bond acceptors (Lipinski definition) is 3. The maximum Gasteiger partial charge on any atom is 0.129 e. The maximum absolute atomic E-state index is 4.68. The molecule has 3 rings (SSSR count). The molecule has 0 amide bonds. The molecule has 2 aromatic heterocycles. The molecule has 0 aliphatic heterocycles. The molecule has 3 heteroatoms. The molecule has 1 aromatic carbocycles. The number of aromatic nitrogens is 2. The lowest BCUT2D eigenvalue weighted by Gasteiger charge is -2.18. The molecule has 0 atom stereocenters. The Morgan fingerprint density at radius 1 is 0.947 bits per heavy atom. The number of hydrogen-bond donors (Lipinski definition) is 0. The quantitative estimate of drug-likeness (QED) is 0.713. The average Bonchev–Trinajstić information content (AvgIpc) is 2.48. The van der Waals surface area contributed by atoms with E-state index in [2.05, 4.69) is 40.1 Å². The van der Waals surface area contributed by atoms with Crippen LogP contribution in [0.5, 0.6) is 0 Å². The molecule has 0 fully saturated rings. The van der Waals surface area contributed by atoms with Gasteiger partial charge in [0.1, 0.15) is 5.82 Å². The Bertz CT molecular complexity index is 680. The number of anilines is 1. The van der Waals surface area contributed by atoms with E-state index < -0.39 is 0 Å². The lowest BCUT2D eigenvalue weighted by Crippen LogP contribution is -2.17. The van der Waals surface area contributed by atoms with Crippen molar-refractivity contribution >= 4 is 16.7 Å². The minimum atomic E-state index is 0.827. The van der Waals surface area contributed by atoms with Gasteiger partial charge >= 0.3 is 0 Å². The van der Waals surface area contributed by atoms with Crippen LogP contribution >= 0.6 is 0 Å². The van der Waals surface area contributed by atoms with E-state index in [4.69, 9.17) is 0 Å². The van der Waals surface area contributed by atoms with Crippen molar-refractivity contribution in [3.63, 3.8) is 0 Å². The van der Waals surface area contributed by atoms with Gasteiger partial charge in [-0.05, 0) is 35.9 Å². The Hall–Kier alpha value is -2.42. The largest absolute Gasteiger partial charge is 0.355 e. The van der Waals surface area contributed by atoms with Crippen LogP contribution in [-0.4, -0.2) is 17.0 Å². The second-order valence-corrected chi connectivity index (χ2v) is 4.57. The van der Waals surface area contributed by atoms with Crippen molar-refractivity contribution in [2.45, 2.75) is 6.54 Å². The monoisotopic (exact) mass is 249 g/mol. The maximum atomic E-state index is 4.68. The number of nitrogens with zero attached hydrogens (tertiary/aromatic N) is 3. The van der Waals surface area contributed by atoms with Gasteiger partial charge in [-0.2, -0.15) is 0 Å². The van der Waals surface area contributed by atoms with Gasteiger partial charge < -0.3 is 4.90 Å². The van der Waals surface area contributed by atoms with Crippen LogP contribution in [0.15, 0.2) is 60.9 Å². The zero-order valence-electron chi connectivity index (χ0n) is 10.8. The van der Waals surface area contributed by atoms with Gasteiger partial charge in [0, 0.05) is 31.4 Å². The van der Waals surface area contributed by atoms with Crippen LogP contribution in [0.4, 0.5) is 5.82 Å². The molecule has 3 aromatic rings. The zero-order valence-corrected chi connectivity index (χ0v) is 10.8. The molecule has 0 saturated carbocycles. The normalized spacial score (nSPS) is 10.6. The van der Waals surface area contributed by atoms with Crippen LogP contribution in [-0.2, 0) is 6.54 Å². The van der Waals surface area contributed by atoms with Crippen molar-refractivity contribution in [1.82, 2.24) is 9.97 Å². The Kier molecular flexibility index (Phi) is 3.11. The van der Waals surface area contributed by atoms with Crippen LogP contribution in [0.1, 0.15) is 5.56 Å². The molecule has 0 aliphatic carbocycles. The molecular weight excluding hydrogens is 234 g/mol. The van der Waals surface area contributed by atoms with Gasteiger partial charge in [-0.25, -0.2) is 4.98 Å². The highest BCUT2D eigenvalue weighted by Crippen LogP contribution is 2.18. The number of para-hydroxylation sites is 1. The summed E-state index contributed by atoms with van der Waals surface area (Å²) in [4.78, 5) is 10.9. The van der Waals surface area contributed by atoms with Crippen molar-refractivity contribution in [3.05, 3.63) is 66.5 Å². The van der Waals surface area contributed by atoms with E-state index in [0.29, 0.717) is 0 Å². The van der Waals surface area contributed by atoms with Gasteiger partial charge in [0.2, 0.25) is 0 Å². The van der Waals surface area contributed by atoms with Gasteiger partial charge in [0.05, 0.1) is 5.52 Å². The fraction of sp³-hybridized carbons (Fsp3) is 0.125. The third kappa shape index (κ3) is 2.55. The highest BCUT2D eigenvalue weighted by molar-refractivity contribution is 5.80. The predicted molar refractivity (Wildman–Crippen MR) is 78.1 cm³/mol. The topological polar surface area (TPSA) is 29.0 Å². The molecule has 3 nitrogen and oxygen atoms in total. The number of benzene rings is 1. The molecule has 0 unspecified atom stereocenters. The molecule has 19 heavy (non-hydrogen) atoms. The number of fused-ring (bicyclic) bond motifs is 1. The molecule has 0 bridgehead atoms. The van der Waals surface area contributed by atoms with Crippen molar-refractivity contribution in [2.24, 2.45) is 0 Å². The summed E-state index contributed by atoms with van der Waals surface area (Å²) < 4.78 is 0. The van der Waals surface area contributed by atoms with E-state index in [-0.39, 0.29) is 0 Å². The highest BCUT2D eigenvalue weighted by Gasteiger charge is 2.04. The fourth-order valence-corrected chi connectivity index (χ4v) is 2.11. The van der Waals surface area contributed by atoms with Crippen molar-refractivity contribution in [2.75, 3.05) is 11.9 Å². The van der Waals surface area contributed by atoms with Crippen LogP contribution in [0.25, 0.3) is 10.9 Å². The minimum absolute atomic E-state index is 0.827. The number of rotatable bonds is 3. The smallest absolute Gasteiger partial charge is 0.129 e. The van der Waals surface area contributed by atoms with E-state index in [0.717, 1.165) is 17.9 Å². The second kappa shape index (κ2) is 5.06. The van der Waals surface area contributed by atoms with Crippen molar-refractivity contribution in [3.8, 4) is 0 Å². The van der Waals surface area contributed by atoms with Gasteiger partial charge in [0.15, 0.2) is 0 Å². The third-order valence-electron chi connectivity index (χ3n) is 3.14. The van der Waals surface area contributed by atoms with E-state index >= 15 is 0 Å². The summed E-state index contributed by atoms with van der Waals surface area (Å²) in [7, 11) is 2.05. The average molecular weight is 249 g/mol. The Balaban J connectivity index is 1.87. The fourth-order valence-electron chi connectivity index (χ4n) is 2.11. The lowest BCUT2D eigenvalue weighted by molar-refractivity contribution is 0.900. The Labute approximate surface area is 112 Å². The van der Waals surface area contributed by atoms with Crippen LogP contribution in [0.3, 0.4) is 0 Å². The van der Waals surface area contributed by atoms with Gasteiger partial charge in [0.25, 0.3) is 0 Å². The van der Waals surface area contributed by atoms with Gasteiger partial charge in [-0.1, -0.05) is 18.2 Å². The van der Waals surface area contributed by atoms with Crippen molar-refractivity contribution < 1.29 is 0 Å². The summed E-state index contributed by atoms with van der Waals surface area (Å²) in [6.07, 6.45) is 3.63. The summed E-state index contributed by atoms with van der Waals surface area (Å²) >= 11 is 0. The molecule has 0 saturated heterocycles. The first kappa shape index (κ1) is 11.7. The van der Waals surface area contributed by atoms with Crippen LogP contribution in [0.2, 0.25) is 0 Å². The standard InChI is InChI=1S/C16H15N3/c1-19(12-13-8-10-17-11-9-13)16-7-6-14-4-2-3-5-15(14)18-16/h2-11H,12H2,1H3. The molecule has 0 spiro atoms. The van der Waals surface area contributed by atoms with Gasteiger partial charge in [-0.3, -0.25) is 4.98 Å². The third-order valence-corrected chi connectivity index (χ3v) is 3.14. The molecule has 94 valence electrons. The Morgan fingerprint density at radius 3 is 2.58 bits per heavy atom. The van der Waals surface area contributed by atoms with E-state index in [9.17, 15) is 0 Å². The first-order chi connectivity index (χ1) is 9.33. The van der Waals surface area contributed by atoms with Gasteiger partial charge in [-0.15, -0.1) is 0 Å². The summed E-state index contributed by atoms with van der Waals surface area (Å²) in [5, 5.41) is 1.17. The molecule has 2 heterocycles.